The Morgan fingerprint density at radius 2 is 2.17 bits per heavy atom. The number of fused-ring (bicyclic) bond motifs is 1. The van der Waals surface area contributed by atoms with Crippen molar-refractivity contribution in [3.63, 3.8) is 0 Å². The van der Waals surface area contributed by atoms with Crippen molar-refractivity contribution in [2.45, 2.75) is 38.4 Å². The van der Waals surface area contributed by atoms with Crippen LogP contribution in [-0.4, -0.2) is 23.3 Å². The Balaban J connectivity index is 2.03. The van der Waals surface area contributed by atoms with Crippen molar-refractivity contribution in [2.75, 3.05) is 0 Å². The van der Waals surface area contributed by atoms with E-state index in [1.165, 1.54) is 0 Å². The van der Waals surface area contributed by atoms with Crippen LogP contribution in [0.4, 0.5) is 0 Å². The molecule has 2 rings (SSSR count). The van der Waals surface area contributed by atoms with Gasteiger partial charge in [-0.3, -0.25) is 4.79 Å². The first kappa shape index (κ1) is 8.05. The van der Waals surface area contributed by atoms with Crippen LogP contribution in [0.15, 0.2) is 0 Å². The molecule has 1 aliphatic heterocycles. The number of hydrogen-bond donors (Lipinski definition) is 1. The van der Waals surface area contributed by atoms with Crippen molar-refractivity contribution in [3.8, 4) is 0 Å². The van der Waals surface area contributed by atoms with E-state index in [0.717, 1.165) is 19.3 Å². The minimum Gasteiger partial charge on any atom is -0.481 e. The molecule has 0 aromatic carbocycles. The summed E-state index contributed by atoms with van der Waals surface area (Å²) in [7, 11) is 0. The molecule has 1 heterocycles. The molecular formula is C9H14O3. The molecule has 1 saturated carbocycles. The first-order valence-corrected chi connectivity index (χ1v) is 4.60. The Bertz CT molecular complexity index is 202. The minimum atomic E-state index is -0.643. The number of hydrogen-bond acceptors (Lipinski definition) is 2. The second-order valence-electron chi connectivity index (χ2n) is 3.80. The fraction of sp³-hybridized carbons (Fsp3) is 0.889. The summed E-state index contributed by atoms with van der Waals surface area (Å²) < 4.78 is 5.33. The zero-order valence-corrected chi connectivity index (χ0v) is 7.19. The van der Waals surface area contributed by atoms with Gasteiger partial charge in [-0.05, 0) is 18.8 Å². The monoisotopic (exact) mass is 170 g/mol. The van der Waals surface area contributed by atoms with Crippen LogP contribution < -0.4 is 0 Å². The van der Waals surface area contributed by atoms with Crippen LogP contribution in [0.1, 0.15) is 26.2 Å². The zero-order valence-electron chi connectivity index (χ0n) is 7.19. The number of aliphatic carboxylic acids is 1. The normalized spacial score (nSPS) is 45.1. The van der Waals surface area contributed by atoms with Crippen molar-refractivity contribution < 1.29 is 14.6 Å². The second kappa shape index (κ2) is 2.73. The van der Waals surface area contributed by atoms with E-state index in [2.05, 4.69) is 6.92 Å². The van der Waals surface area contributed by atoms with Gasteiger partial charge in [0.25, 0.3) is 0 Å². The van der Waals surface area contributed by atoms with Crippen molar-refractivity contribution in [3.05, 3.63) is 0 Å². The van der Waals surface area contributed by atoms with Gasteiger partial charge in [0.2, 0.25) is 0 Å². The lowest BCUT2D eigenvalue weighted by atomic mass is 9.78. The SMILES string of the molecule is CCC1CC2OC2CC1C(=O)O. The van der Waals surface area contributed by atoms with Gasteiger partial charge in [-0.2, -0.15) is 0 Å². The predicted molar refractivity (Wildman–Crippen MR) is 42.8 cm³/mol. The quantitative estimate of drug-likeness (QED) is 0.635. The van der Waals surface area contributed by atoms with Gasteiger partial charge in [0.15, 0.2) is 0 Å². The number of ether oxygens (including phenoxy) is 1. The molecule has 3 heteroatoms. The highest BCUT2D eigenvalue weighted by Gasteiger charge is 2.49. The minimum absolute atomic E-state index is 0.154. The predicted octanol–water partition coefficient (Wildman–Crippen LogP) is 1.27. The van der Waals surface area contributed by atoms with E-state index >= 15 is 0 Å². The zero-order chi connectivity index (χ0) is 8.72. The van der Waals surface area contributed by atoms with Gasteiger partial charge >= 0.3 is 5.97 Å². The van der Waals surface area contributed by atoms with Gasteiger partial charge in [0, 0.05) is 0 Å². The lowest BCUT2D eigenvalue weighted by Crippen LogP contribution is -2.30. The van der Waals surface area contributed by atoms with Crippen LogP contribution in [0.2, 0.25) is 0 Å². The molecule has 0 radical (unpaired) electrons. The molecule has 2 aliphatic rings. The molecule has 1 saturated heterocycles. The highest BCUT2D eigenvalue weighted by Crippen LogP contribution is 2.43. The van der Waals surface area contributed by atoms with Crippen LogP contribution in [0.3, 0.4) is 0 Å². The van der Waals surface area contributed by atoms with E-state index in [9.17, 15) is 4.79 Å². The topological polar surface area (TPSA) is 49.8 Å². The molecule has 1 aliphatic carbocycles. The fourth-order valence-corrected chi connectivity index (χ4v) is 2.25. The van der Waals surface area contributed by atoms with E-state index in [4.69, 9.17) is 9.84 Å². The molecule has 68 valence electrons. The van der Waals surface area contributed by atoms with Crippen LogP contribution in [-0.2, 0) is 9.53 Å². The fourth-order valence-electron chi connectivity index (χ4n) is 2.25. The van der Waals surface area contributed by atoms with E-state index in [1.54, 1.807) is 0 Å². The first-order valence-electron chi connectivity index (χ1n) is 4.60. The molecule has 0 amide bonds. The van der Waals surface area contributed by atoms with Gasteiger partial charge in [-0.1, -0.05) is 13.3 Å². The molecule has 0 spiro atoms. The van der Waals surface area contributed by atoms with E-state index < -0.39 is 5.97 Å². The molecule has 4 atom stereocenters. The lowest BCUT2D eigenvalue weighted by Gasteiger charge is -2.24. The smallest absolute Gasteiger partial charge is 0.306 e. The van der Waals surface area contributed by atoms with Crippen molar-refractivity contribution in [1.29, 1.82) is 0 Å². The summed E-state index contributed by atoms with van der Waals surface area (Å²) in [5.41, 5.74) is 0. The van der Waals surface area contributed by atoms with Gasteiger partial charge in [0.05, 0.1) is 18.1 Å². The highest BCUT2D eigenvalue weighted by molar-refractivity contribution is 5.70. The van der Waals surface area contributed by atoms with Crippen LogP contribution in [0.25, 0.3) is 0 Å². The third kappa shape index (κ3) is 1.22. The Morgan fingerprint density at radius 1 is 1.50 bits per heavy atom. The van der Waals surface area contributed by atoms with Crippen molar-refractivity contribution >= 4 is 5.97 Å². The summed E-state index contributed by atoms with van der Waals surface area (Å²) in [5.74, 6) is -0.458. The van der Waals surface area contributed by atoms with Crippen LogP contribution >= 0.6 is 0 Å². The van der Waals surface area contributed by atoms with E-state index in [1.807, 2.05) is 0 Å². The Kier molecular flexibility index (Phi) is 1.83. The average molecular weight is 170 g/mol. The molecule has 4 unspecified atom stereocenters. The molecule has 0 aromatic rings. The molecular weight excluding hydrogens is 156 g/mol. The lowest BCUT2D eigenvalue weighted by molar-refractivity contribution is -0.144. The number of rotatable bonds is 2. The average Bonchev–Trinajstić information content (AvgIpc) is 2.79. The summed E-state index contributed by atoms with van der Waals surface area (Å²) in [6.07, 6.45) is 3.32. The van der Waals surface area contributed by atoms with E-state index in [0.29, 0.717) is 12.0 Å². The standard InChI is InChI=1S/C9H14O3/c1-2-5-3-7-8(12-7)4-6(5)9(10)11/h5-8H,2-4H2,1H3,(H,10,11). The third-order valence-electron chi connectivity index (χ3n) is 3.12. The number of carboxylic acids is 1. The number of epoxide rings is 1. The van der Waals surface area contributed by atoms with Crippen molar-refractivity contribution in [1.82, 2.24) is 0 Å². The van der Waals surface area contributed by atoms with Gasteiger partial charge in [-0.25, -0.2) is 0 Å². The number of carbonyl (C=O) groups is 1. The summed E-state index contributed by atoms with van der Waals surface area (Å²) >= 11 is 0. The van der Waals surface area contributed by atoms with E-state index in [-0.39, 0.29) is 12.0 Å². The summed E-state index contributed by atoms with van der Waals surface area (Å²) in [4.78, 5) is 10.8. The van der Waals surface area contributed by atoms with Gasteiger partial charge in [0.1, 0.15) is 0 Å². The summed E-state index contributed by atoms with van der Waals surface area (Å²) in [6.45, 7) is 2.06. The molecule has 2 fully saturated rings. The molecule has 0 bridgehead atoms. The Labute approximate surface area is 71.7 Å². The number of carboxylic acid groups (broad SMARTS) is 1. The molecule has 0 aromatic heterocycles. The first-order chi connectivity index (χ1) is 5.72. The largest absolute Gasteiger partial charge is 0.481 e. The second-order valence-corrected chi connectivity index (χ2v) is 3.80. The molecule has 12 heavy (non-hydrogen) atoms. The summed E-state index contributed by atoms with van der Waals surface area (Å²) in [6, 6.07) is 0. The van der Waals surface area contributed by atoms with Crippen molar-refractivity contribution in [2.24, 2.45) is 11.8 Å². The van der Waals surface area contributed by atoms with Crippen LogP contribution in [0.5, 0.6) is 0 Å². The van der Waals surface area contributed by atoms with Gasteiger partial charge in [-0.15, -0.1) is 0 Å². The Hall–Kier alpha value is -0.570. The maximum Gasteiger partial charge on any atom is 0.306 e. The van der Waals surface area contributed by atoms with Gasteiger partial charge < -0.3 is 9.84 Å². The highest BCUT2D eigenvalue weighted by atomic mass is 16.6. The maximum atomic E-state index is 10.8. The summed E-state index contributed by atoms with van der Waals surface area (Å²) in [5, 5.41) is 8.92. The molecule has 3 nitrogen and oxygen atoms in total. The maximum absolute atomic E-state index is 10.8. The molecule has 1 N–H and O–H groups in total. The Morgan fingerprint density at radius 3 is 2.75 bits per heavy atom. The van der Waals surface area contributed by atoms with Crippen LogP contribution in [0, 0.1) is 11.8 Å². The third-order valence-corrected chi connectivity index (χ3v) is 3.12.